The summed E-state index contributed by atoms with van der Waals surface area (Å²) in [4.78, 5) is 23.4. The van der Waals surface area contributed by atoms with Gasteiger partial charge in [0, 0.05) is 21.2 Å². The Labute approximate surface area is 126 Å². The van der Waals surface area contributed by atoms with Crippen LogP contribution < -0.4 is 10.9 Å². The van der Waals surface area contributed by atoms with Crippen molar-refractivity contribution in [3.63, 3.8) is 0 Å². The molecule has 0 bridgehead atoms. The molecule has 1 aromatic heterocycles. The van der Waals surface area contributed by atoms with Crippen LogP contribution in [0.4, 0.5) is 5.69 Å². The van der Waals surface area contributed by atoms with Crippen LogP contribution in [0.3, 0.4) is 0 Å². The minimum absolute atomic E-state index is 0.0117. The smallest absolute Gasteiger partial charge is 0.250 e. The molecule has 0 atom stereocenters. The molecule has 1 amide bonds. The Bertz CT molecular complexity index is 668. The van der Waals surface area contributed by atoms with Crippen LogP contribution in [0.15, 0.2) is 56.3 Å². The number of aromatic nitrogens is 1. The van der Waals surface area contributed by atoms with E-state index in [2.05, 4.69) is 37.2 Å². The zero-order chi connectivity index (χ0) is 13.8. The van der Waals surface area contributed by atoms with Crippen molar-refractivity contribution in [1.82, 2.24) is 4.57 Å². The lowest BCUT2D eigenvalue weighted by Crippen LogP contribution is -2.26. The van der Waals surface area contributed by atoms with Gasteiger partial charge in [-0.15, -0.1) is 0 Å². The molecule has 0 spiro atoms. The molecule has 0 saturated carbocycles. The van der Waals surface area contributed by atoms with Gasteiger partial charge in [-0.2, -0.15) is 0 Å². The highest BCUT2D eigenvalue weighted by Gasteiger charge is 2.07. The van der Waals surface area contributed by atoms with Gasteiger partial charge in [0.1, 0.15) is 6.54 Å². The molecule has 0 aliphatic carbocycles. The highest BCUT2D eigenvalue weighted by atomic mass is 79.9. The quantitative estimate of drug-likeness (QED) is 0.882. The summed E-state index contributed by atoms with van der Waals surface area (Å²) in [7, 11) is 0. The molecule has 0 saturated heterocycles. The van der Waals surface area contributed by atoms with E-state index in [4.69, 9.17) is 0 Å². The fourth-order valence-electron chi connectivity index (χ4n) is 1.53. The molecule has 0 aliphatic rings. The van der Waals surface area contributed by atoms with Crippen molar-refractivity contribution in [3.05, 3.63) is 61.9 Å². The van der Waals surface area contributed by atoms with Gasteiger partial charge in [-0.05, 0) is 40.2 Å². The van der Waals surface area contributed by atoms with Crippen molar-refractivity contribution >= 4 is 43.5 Å². The number of anilines is 1. The van der Waals surface area contributed by atoms with Crippen LogP contribution >= 0.6 is 31.9 Å². The Balaban J connectivity index is 2.10. The van der Waals surface area contributed by atoms with Gasteiger partial charge in [-0.25, -0.2) is 0 Å². The van der Waals surface area contributed by atoms with Crippen molar-refractivity contribution < 1.29 is 4.79 Å². The molecule has 2 rings (SSSR count). The van der Waals surface area contributed by atoms with Gasteiger partial charge in [0.05, 0.1) is 5.69 Å². The highest BCUT2D eigenvalue weighted by molar-refractivity contribution is 9.11. The highest BCUT2D eigenvalue weighted by Crippen LogP contribution is 2.26. The molecule has 4 nitrogen and oxygen atoms in total. The number of pyridine rings is 1. The summed E-state index contributed by atoms with van der Waals surface area (Å²) < 4.78 is 3.04. The van der Waals surface area contributed by atoms with Gasteiger partial charge in [0.2, 0.25) is 5.91 Å². The Kier molecular flexibility index (Phi) is 4.55. The minimum atomic E-state index is -0.253. The van der Waals surface area contributed by atoms with Crippen LogP contribution in [0.1, 0.15) is 0 Å². The lowest BCUT2D eigenvalue weighted by Gasteiger charge is -2.09. The number of carbonyl (C=O) groups is 1. The molecular weight excluding hydrogens is 376 g/mol. The molecule has 19 heavy (non-hydrogen) atoms. The molecule has 0 radical (unpaired) electrons. The Hall–Kier alpha value is -1.40. The standard InChI is InChI=1S/C13H10Br2N2O2/c14-9-4-5-11(10(15)7-9)16-12(18)8-17-6-2-1-3-13(17)19/h1-7H,8H2,(H,16,18). The summed E-state index contributed by atoms with van der Waals surface area (Å²) in [6, 6.07) is 10.2. The molecule has 2 aromatic rings. The number of hydrogen-bond donors (Lipinski definition) is 1. The number of amides is 1. The Morgan fingerprint density at radius 1 is 1.21 bits per heavy atom. The molecular formula is C13H10Br2N2O2. The lowest BCUT2D eigenvalue weighted by atomic mass is 10.3. The van der Waals surface area contributed by atoms with Gasteiger partial charge in [-0.1, -0.05) is 22.0 Å². The van der Waals surface area contributed by atoms with Crippen LogP contribution in [-0.4, -0.2) is 10.5 Å². The van der Waals surface area contributed by atoms with Crippen molar-refractivity contribution in [2.24, 2.45) is 0 Å². The van der Waals surface area contributed by atoms with Crippen molar-refractivity contribution in [1.29, 1.82) is 0 Å². The third-order valence-electron chi connectivity index (χ3n) is 2.42. The topological polar surface area (TPSA) is 51.1 Å². The second-order valence-corrected chi connectivity index (χ2v) is 5.61. The third kappa shape index (κ3) is 3.78. The largest absolute Gasteiger partial charge is 0.324 e. The molecule has 1 aromatic carbocycles. The number of nitrogens with one attached hydrogen (secondary N) is 1. The average Bonchev–Trinajstić information content (AvgIpc) is 2.36. The van der Waals surface area contributed by atoms with E-state index in [-0.39, 0.29) is 18.0 Å². The van der Waals surface area contributed by atoms with Gasteiger partial charge in [0.25, 0.3) is 5.56 Å². The fraction of sp³-hybridized carbons (Fsp3) is 0.0769. The van der Waals surface area contributed by atoms with Crippen LogP contribution in [0.2, 0.25) is 0 Å². The summed E-state index contributed by atoms with van der Waals surface area (Å²) in [5.41, 5.74) is 0.463. The van der Waals surface area contributed by atoms with Gasteiger partial charge < -0.3 is 9.88 Å². The van der Waals surface area contributed by atoms with Crippen LogP contribution in [0.5, 0.6) is 0 Å². The minimum Gasteiger partial charge on any atom is -0.324 e. The van der Waals surface area contributed by atoms with Gasteiger partial charge >= 0.3 is 0 Å². The molecule has 98 valence electrons. The van der Waals surface area contributed by atoms with Crippen molar-refractivity contribution in [3.8, 4) is 0 Å². The Morgan fingerprint density at radius 2 is 2.00 bits per heavy atom. The van der Waals surface area contributed by atoms with Crippen molar-refractivity contribution in [2.45, 2.75) is 6.54 Å². The SMILES string of the molecule is O=C(Cn1ccccc1=O)Nc1ccc(Br)cc1Br. The molecule has 0 fully saturated rings. The van der Waals surface area contributed by atoms with E-state index >= 15 is 0 Å². The summed E-state index contributed by atoms with van der Waals surface area (Å²) in [5, 5.41) is 2.75. The lowest BCUT2D eigenvalue weighted by molar-refractivity contribution is -0.116. The summed E-state index contributed by atoms with van der Waals surface area (Å²) in [5.74, 6) is -0.253. The zero-order valence-corrected chi connectivity index (χ0v) is 12.9. The number of halogens is 2. The second kappa shape index (κ2) is 6.16. The molecule has 1 heterocycles. The van der Waals surface area contributed by atoms with Crippen LogP contribution in [0.25, 0.3) is 0 Å². The summed E-state index contributed by atoms with van der Waals surface area (Å²) >= 11 is 6.70. The predicted molar refractivity (Wildman–Crippen MR) is 81.2 cm³/mol. The first-order valence-corrected chi connectivity index (χ1v) is 7.05. The summed E-state index contributed by atoms with van der Waals surface area (Å²) in [6.45, 7) is -0.0117. The fourth-order valence-corrected chi connectivity index (χ4v) is 2.67. The maximum atomic E-state index is 11.9. The number of rotatable bonds is 3. The van der Waals surface area contributed by atoms with E-state index in [0.717, 1.165) is 8.95 Å². The van der Waals surface area contributed by atoms with Crippen molar-refractivity contribution in [2.75, 3.05) is 5.32 Å². The van der Waals surface area contributed by atoms with E-state index in [1.54, 1.807) is 24.4 Å². The maximum absolute atomic E-state index is 11.9. The third-order valence-corrected chi connectivity index (χ3v) is 3.57. The summed E-state index contributed by atoms with van der Waals surface area (Å²) in [6.07, 6.45) is 1.58. The predicted octanol–water partition coefficient (Wildman–Crippen LogP) is 3.01. The first-order chi connectivity index (χ1) is 9.06. The first-order valence-electron chi connectivity index (χ1n) is 5.46. The molecule has 0 aliphatic heterocycles. The number of hydrogen-bond acceptors (Lipinski definition) is 2. The second-order valence-electron chi connectivity index (χ2n) is 3.84. The van der Waals surface area contributed by atoms with Gasteiger partial charge in [0.15, 0.2) is 0 Å². The monoisotopic (exact) mass is 384 g/mol. The molecule has 1 N–H and O–H groups in total. The first kappa shape index (κ1) is 14.0. The van der Waals surface area contributed by atoms with E-state index < -0.39 is 0 Å². The number of benzene rings is 1. The van der Waals surface area contributed by atoms with Crippen LogP contribution in [0, 0.1) is 0 Å². The van der Waals surface area contributed by atoms with E-state index in [1.807, 2.05) is 12.1 Å². The van der Waals surface area contributed by atoms with E-state index in [1.165, 1.54) is 10.6 Å². The number of nitrogens with zero attached hydrogens (tertiary/aromatic N) is 1. The van der Waals surface area contributed by atoms with E-state index in [0.29, 0.717) is 5.69 Å². The van der Waals surface area contributed by atoms with E-state index in [9.17, 15) is 9.59 Å². The maximum Gasteiger partial charge on any atom is 0.250 e. The normalized spacial score (nSPS) is 10.2. The van der Waals surface area contributed by atoms with Gasteiger partial charge in [-0.3, -0.25) is 9.59 Å². The Morgan fingerprint density at radius 3 is 2.68 bits per heavy atom. The number of carbonyl (C=O) groups excluding carboxylic acids is 1. The molecule has 6 heteroatoms. The zero-order valence-electron chi connectivity index (χ0n) is 9.77. The van der Waals surface area contributed by atoms with Crippen LogP contribution in [-0.2, 0) is 11.3 Å². The molecule has 0 unspecified atom stereocenters. The average molecular weight is 386 g/mol.